The lowest BCUT2D eigenvalue weighted by Gasteiger charge is -2.21. The van der Waals surface area contributed by atoms with Gasteiger partial charge in [-0.3, -0.25) is 4.68 Å². The van der Waals surface area contributed by atoms with Crippen molar-refractivity contribution in [3.05, 3.63) is 41.2 Å². The lowest BCUT2D eigenvalue weighted by atomic mass is 10.1. The van der Waals surface area contributed by atoms with Crippen LogP contribution in [0.5, 0.6) is 11.5 Å². The number of aromatic nitrogens is 2. The van der Waals surface area contributed by atoms with Gasteiger partial charge in [-0.25, -0.2) is 0 Å². The fraction of sp³-hybridized carbons (Fsp3) is 0.438. The van der Waals surface area contributed by atoms with Crippen LogP contribution < -0.4 is 14.8 Å². The molecule has 0 bridgehead atoms. The highest BCUT2D eigenvalue weighted by molar-refractivity contribution is 5.47. The van der Waals surface area contributed by atoms with Crippen molar-refractivity contribution in [2.45, 2.75) is 26.4 Å². The van der Waals surface area contributed by atoms with Crippen molar-refractivity contribution >= 4 is 0 Å². The van der Waals surface area contributed by atoms with Crippen molar-refractivity contribution in [2.75, 3.05) is 13.2 Å². The Balaban J connectivity index is 1.65. The zero-order valence-corrected chi connectivity index (χ0v) is 12.6. The molecule has 21 heavy (non-hydrogen) atoms. The van der Waals surface area contributed by atoms with Gasteiger partial charge in [0.15, 0.2) is 11.5 Å². The highest BCUT2D eigenvalue weighted by Gasteiger charge is 2.15. The summed E-state index contributed by atoms with van der Waals surface area (Å²) in [6.07, 6.45) is 3.03. The van der Waals surface area contributed by atoms with E-state index in [-0.39, 0.29) is 0 Å². The number of ether oxygens (including phenoxy) is 2. The van der Waals surface area contributed by atoms with Crippen LogP contribution in [0, 0.1) is 0 Å². The van der Waals surface area contributed by atoms with Crippen LogP contribution in [-0.4, -0.2) is 23.0 Å². The van der Waals surface area contributed by atoms with Gasteiger partial charge in [-0.05, 0) is 12.5 Å². The van der Waals surface area contributed by atoms with Crippen LogP contribution in [0.25, 0.3) is 0 Å². The first-order valence-corrected chi connectivity index (χ1v) is 7.37. The van der Waals surface area contributed by atoms with E-state index in [1.807, 2.05) is 23.9 Å². The molecule has 0 saturated carbocycles. The van der Waals surface area contributed by atoms with Crippen molar-refractivity contribution in [3.63, 3.8) is 0 Å². The van der Waals surface area contributed by atoms with Crippen LogP contribution >= 0.6 is 0 Å². The van der Waals surface area contributed by atoms with E-state index in [1.54, 1.807) is 0 Å². The van der Waals surface area contributed by atoms with Crippen LogP contribution in [0.15, 0.2) is 24.4 Å². The summed E-state index contributed by atoms with van der Waals surface area (Å²) < 4.78 is 13.2. The second-order valence-electron chi connectivity index (χ2n) is 5.17. The standard InChI is InChI=1S/C16H21N3O2/c1-3-14-13(11-19(2)18-14)10-17-9-12-5-4-6-15-16(12)21-8-7-20-15/h4-6,11,17H,3,7-10H2,1-2H3. The second kappa shape index (κ2) is 6.18. The van der Waals surface area contributed by atoms with Gasteiger partial charge in [-0.2, -0.15) is 5.10 Å². The highest BCUT2D eigenvalue weighted by Crippen LogP contribution is 2.33. The molecule has 1 N–H and O–H groups in total. The highest BCUT2D eigenvalue weighted by atomic mass is 16.6. The third-order valence-corrected chi connectivity index (χ3v) is 3.61. The maximum absolute atomic E-state index is 5.72. The second-order valence-corrected chi connectivity index (χ2v) is 5.17. The lowest BCUT2D eigenvalue weighted by Crippen LogP contribution is -2.19. The van der Waals surface area contributed by atoms with E-state index >= 15 is 0 Å². The monoisotopic (exact) mass is 287 g/mol. The first kappa shape index (κ1) is 13.9. The van der Waals surface area contributed by atoms with Crippen molar-refractivity contribution < 1.29 is 9.47 Å². The summed E-state index contributed by atoms with van der Waals surface area (Å²) >= 11 is 0. The van der Waals surface area contributed by atoms with Gasteiger partial charge < -0.3 is 14.8 Å². The molecule has 112 valence electrons. The number of nitrogens with zero attached hydrogens (tertiary/aromatic N) is 2. The summed E-state index contributed by atoms with van der Waals surface area (Å²) in [6, 6.07) is 6.03. The molecule has 5 heteroatoms. The normalized spacial score (nSPS) is 13.4. The Morgan fingerprint density at radius 2 is 2.00 bits per heavy atom. The molecule has 0 spiro atoms. The zero-order valence-electron chi connectivity index (χ0n) is 12.6. The third kappa shape index (κ3) is 3.03. The van der Waals surface area contributed by atoms with Crippen LogP contribution in [0.3, 0.4) is 0 Å². The van der Waals surface area contributed by atoms with Gasteiger partial charge in [0.05, 0.1) is 5.69 Å². The summed E-state index contributed by atoms with van der Waals surface area (Å²) in [7, 11) is 1.96. The average molecular weight is 287 g/mol. The Morgan fingerprint density at radius 3 is 2.86 bits per heavy atom. The van der Waals surface area contributed by atoms with Gasteiger partial charge in [0.2, 0.25) is 0 Å². The van der Waals surface area contributed by atoms with Crippen molar-refractivity contribution in [3.8, 4) is 11.5 Å². The largest absolute Gasteiger partial charge is 0.486 e. The molecule has 1 aromatic heterocycles. The molecule has 5 nitrogen and oxygen atoms in total. The minimum atomic E-state index is 0.618. The Labute approximate surface area is 124 Å². The van der Waals surface area contributed by atoms with Gasteiger partial charge in [0, 0.05) is 37.5 Å². The third-order valence-electron chi connectivity index (χ3n) is 3.61. The molecular formula is C16H21N3O2. The van der Waals surface area contributed by atoms with Crippen molar-refractivity contribution in [2.24, 2.45) is 7.05 Å². The summed E-state index contributed by atoms with van der Waals surface area (Å²) in [4.78, 5) is 0. The summed E-state index contributed by atoms with van der Waals surface area (Å²) in [6.45, 7) is 4.93. The number of para-hydroxylation sites is 1. The number of benzene rings is 1. The van der Waals surface area contributed by atoms with Gasteiger partial charge >= 0.3 is 0 Å². The molecule has 0 saturated heterocycles. The number of rotatable bonds is 5. The van der Waals surface area contributed by atoms with E-state index in [1.165, 1.54) is 5.56 Å². The Kier molecular flexibility index (Phi) is 4.10. The molecule has 0 fully saturated rings. The lowest BCUT2D eigenvalue weighted by molar-refractivity contribution is 0.169. The van der Waals surface area contributed by atoms with Crippen LogP contribution in [-0.2, 0) is 26.6 Å². The van der Waals surface area contributed by atoms with Crippen LogP contribution in [0.2, 0.25) is 0 Å². The first-order valence-electron chi connectivity index (χ1n) is 7.37. The SMILES string of the molecule is CCc1nn(C)cc1CNCc1cccc2c1OCCO2. The molecular weight excluding hydrogens is 266 g/mol. The molecule has 2 aromatic rings. The van der Waals surface area contributed by atoms with E-state index in [0.29, 0.717) is 13.2 Å². The van der Waals surface area contributed by atoms with E-state index < -0.39 is 0 Å². The van der Waals surface area contributed by atoms with E-state index in [2.05, 4.69) is 29.6 Å². The first-order chi connectivity index (χ1) is 10.3. The maximum atomic E-state index is 5.72. The number of nitrogens with one attached hydrogen (secondary N) is 1. The Bertz CT molecular complexity index is 622. The van der Waals surface area contributed by atoms with Gasteiger partial charge in [0.1, 0.15) is 13.2 Å². The average Bonchev–Trinajstić information content (AvgIpc) is 2.87. The molecule has 0 atom stereocenters. The Hall–Kier alpha value is -2.01. The minimum Gasteiger partial charge on any atom is -0.486 e. The quantitative estimate of drug-likeness (QED) is 0.914. The van der Waals surface area contributed by atoms with Crippen LogP contribution in [0.1, 0.15) is 23.7 Å². The zero-order chi connectivity index (χ0) is 14.7. The molecule has 3 rings (SSSR count). The van der Waals surface area contributed by atoms with Gasteiger partial charge in [-0.1, -0.05) is 19.1 Å². The maximum Gasteiger partial charge on any atom is 0.165 e. The number of fused-ring (bicyclic) bond motifs is 1. The summed E-state index contributed by atoms with van der Waals surface area (Å²) in [5.41, 5.74) is 3.54. The van der Waals surface area contributed by atoms with Crippen molar-refractivity contribution in [1.29, 1.82) is 0 Å². The number of hydrogen-bond donors (Lipinski definition) is 1. The molecule has 0 radical (unpaired) electrons. The minimum absolute atomic E-state index is 0.618. The molecule has 1 aromatic carbocycles. The topological polar surface area (TPSA) is 48.3 Å². The van der Waals surface area contributed by atoms with E-state index in [4.69, 9.17) is 9.47 Å². The van der Waals surface area contributed by atoms with E-state index in [0.717, 1.165) is 42.3 Å². The molecule has 0 unspecified atom stereocenters. The fourth-order valence-electron chi connectivity index (χ4n) is 2.63. The Morgan fingerprint density at radius 1 is 1.19 bits per heavy atom. The molecule has 2 heterocycles. The summed E-state index contributed by atoms with van der Waals surface area (Å²) in [5.74, 6) is 1.72. The molecule has 1 aliphatic heterocycles. The summed E-state index contributed by atoms with van der Waals surface area (Å²) in [5, 5.41) is 7.92. The molecule has 1 aliphatic rings. The smallest absolute Gasteiger partial charge is 0.165 e. The predicted octanol–water partition coefficient (Wildman–Crippen LogP) is 2.04. The van der Waals surface area contributed by atoms with E-state index in [9.17, 15) is 0 Å². The van der Waals surface area contributed by atoms with Crippen LogP contribution in [0.4, 0.5) is 0 Å². The fourth-order valence-corrected chi connectivity index (χ4v) is 2.63. The van der Waals surface area contributed by atoms with Crippen molar-refractivity contribution in [1.82, 2.24) is 15.1 Å². The predicted molar refractivity (Wildman–Crippen MR) is 80.6 cm³/mol. The molecule has 0 aliphatic carbocycles. The number of hydrogen-bond acceptors (Lipinski definition) is 4. The van der Waals surface area contributed by atoms with Gasteiger partial charge in [-0.15, -0.1) is 0 Å². The van der Waals surface area contributed by atoms with Gasteiger partial charge in [0.25, 0.3) is 0 Å². The number of aryl methyl sites for hydroxylation is 2. The molecule has 0 amide bonds.